The minimum atomic E-state index is -0.400. The van der Waals surface area contributed by atoms with E-state index in [1.807, 2.05) is 48.7 Å². The molecule has 0 saturated heterocycles. The minimum Gasteiger partial charge on any atom is -0.487 e. The molecule has 0 unspecified atom stereocenters. The molecule has 0 fully saturated rings. The maximum atomic E-state index is 12.2. The fourth-order valence-electron chi connectivity index (χ4n) is 2.76. The van der Waals surface area contributed by atoms with Crippen molar-refractivity contribution in [1.82, 2.24) is 4.98 Å². The molecule has 1 amide bonds. The molecule has 2 aromatic carbocycles. The van der Waals surface area contributed by atoms with Crippen LogP contribution in [-0.2, 0) is 17.8 Å². The molecule has 0 saturated carbocycles. The van der Waals surface area contributed by atoms with Crippen molar-refractivity contribution in [2.75, 3.05) is 5.32 Å². The van der Waals surface area contributed by atoms with Crippen molar-refractivity contribution in [1.29, 1.82) is 0 Å². The van der Waals surface area contributed by atoms with Gasteiger partial charge in [-0.15, -0.1) is 11.3 Å². The molecule has 0 aliphatic carbocycles. The SMILES string of the molecule is Cc1ccc(NC(=O)Cc2nc(COc3ccc4ccc(=O)oc4c3)cs2)cc1. The summed E-state index contributed by atoms with van der Waals surface area (Å²) >= 11 is 1.42. The number of hydrogen-bond acceptors (Lipinski definition) is 6. The van der Waals surface area contributed by atoms with Crippen LogP contribution in [0, 0.1) is 6.92 Å². The second-order valence-electron chi connectivity index (χ2n) is 6.57. The first-order chi connectivity index (χ1) is 14.0. The van der Waals surface area contributed by atoms with Gasteiger partial charge in [0.05, 0.1) is 12.1 Å². The van der Waals surface area contributed by atoms with E-state index < -0.39 is 5.63 Å². The van der Waals surface area contributed by atoms with Gasteiger partial charge in [0, 0.05) is 28.6 Å². The zero-order chi connectivity index (χ0) is 20.2. The fourth-order valence-corrected chi connectivity index (χ4v) is 3.54. The first-order valence-electron chi connectivity index (χ1n) is 9.02. The lowest BCUT2D eigenvalue weighted by Crippen LogP contribution is -2.14. The van der Waals surface area contributed by atoms with Crippen LogP contribution >= 0.6 is 11.3 Å². The molecule has 29 heavy (non-hydrogen) atoms. The standard InChI is InChI=1S/C22H18N2O4S/c1-14-2-6-16(7-3-14)23-20(25)11-21-24-17(13-29-21)12-27-18-8-4-15-5-9-22(26)28-19(15)10-18/h2-10,13H,11-12H2,1H3,(H,23,25). The summed E-state index contributed by atoms with van der Waals surface area (Å²) in [7, 11) is 0. The molecule has 6 nitrogen and oxygen atoms in total. The molecular weight excluding hydrogens is 388 g/mol. The Morgan fingerprint density at radius 2 is 1.93 bits per heavy atom. The van der Waals surface area contributed by atoms with E-state index in [1.165, 1.54) is 17.4 Å². The van der Waals surface area contributed by atoms with Gasteiger partial charge in [-0.05, 0) is 37.3 Å². The number of aryl methyl sites for hydroxylation is 1. The van der Waals surface area contributed by atoms with Crippen LogP contribution in [0.2, 0.25) is 0 Å². The summed E-state index contributed by atoms with van der Waals surface area (Å²) in [6.07, 6.45) is 0.208. The van der Waals surface area contributed by atoms with Crippen molar-refractivity contribution in [3.05, 3.63) is 86.7 Å². The first kappa shape index (κ1) is 18.9. The van der Waals surface area contributed by atoms with Crippen molar-refractivity contribution < 1.29 is 13.9 Å². The van der Waals surface area contributed by atoms with E-state index in [0.717, 1.165) is 27.3 Å². The van der Waals surface area contributed by atoms with Crippen LogP contribution in [0.3, 0.4) is 0 Å². The van der Waals surface area contributed by atoms with E-state index in [1.54, 1.807) is 12.1 Å². The average molecular weight is 406 g/mol. The number of anilines is 1. The molecule has 0 aliphatic rings. The van der Waals surface area contributed by atoms with E-state index in [-0.39, 0.29) is 18.9 Å². The number of ether oxygens (including phenoxy) is 1. The van der Waals surface area contributed by atoms with Crippen LogP contribution in [0.25, 0.3) is 11.0 Å². The molecule has 0 radical (unpaired) electrons. The molecule has 0 atom stereocenters. The molecule has 1 N–H and O–H groups in total. The lowest BCUT2D eigenvalue weighted by molar-refractivity contribution is -0.115. The summed E-state index contributed by atoms with van der Waals surface area (Å²) in [5.41, 5.74) is 2.72. The normalized spacial score (nSPS) is 10.8. The highest BCUT2D eigenvalue weighted by Gasteiger charge is 2.09. The Hall–Kier alpha value is -3.45. The third-order valence-electron chi connectivity index (χ3n) is 4.23. The summed E-state index contributed by atoms with van der Waals surface area (Å²) < 4.78 is 10.9. The number of nitrogens with one attached hydrogen (secondary N) is 1. The van der Waals surface area contributed by atoms with E-state index >= 15 is 0 Å². The van der Waals surface area contributed by atoms with Crippen molar-refractivity contribution >= 4 is 33.9 Å². The predicted molar refractivity (Wildman–Crippen MR) is 112 cm³/mol. The minimum absolute atomic E-state index is 0.111. The second kappa shape index (κ2) is 8.28. The molecule has 146 valence electrons. The lowest BCUT2D eigenvalue weighted by atomic mass is 10.2. The molecule has 0 spiro atoms. The number of thiazole rings is 1. The van der Waals surface area contributed by atoms with Crippen LogP contribution in [-0.4, -0.2) is 10.9 Å². The molecule has 4 rings (SSSR count). The monoisotopic (exact) mass is 406 g/mol. The topological polar surface area (TPSA) is 81.4 Å². The predicted octanol–water partition coefficient (Wildman–Crippen LogP) is 4.32. The Morgan fingerprint density at radius 3 is 2.76 bits per heavy atom. The van der Waals surface area contributed by atoms with Crippen LogP contribution in [0.1, 0.15) is 16.3 Å². The van der Waals surface area contributed by atoms with Crippen LogP contribution < -0.4 is 15.7 Å². The van der Waals surface area contributed by atoms with Crippen LogP contribution in [0.5, 0.6) is 5.75 Å². The van der Waals surface area contributed by atoms with Crippen molar-refractivity contribution in [2.45, 2.75) is 20.0 Å². The Morgan fingerprint density at radius 1 is 1.14 bits per heavy atom. The van der Waals surface area contributed by atoms with Gasteiger partial charge in [-0.2, -0.15) is 0 Å². The first-order valence-corrected chi connectivity index (χ1v) is 9.90. The Bertz CT molecular complexity index is 1210. The van der Waals surface area contributed by atoms with Gasteiger partial charge in [-0.1, -0.05) is 17.7 Å². The maximum Gasteiger partial charge on any atom is 0.336 e. The lowest BCUT2D eigenvalue weighted by Gasteiger charge is -2.05. The highest BCUT2D eigenvalue weighted by molar-refractivity contribution is 7.09. The number of carbonyl (C=O) groups is 1. The fraction of sp³-hybridized carbons (Fsp3) is 0.136. The number of benzene rings is 2. The van der Waals surface area contributed by atoms with Gasteiger partial charge in [0.1, 0.15) is 22.9 Å². The molecule has 0 aliphatic heterocycles. The molecular formula is C22H18N2O4S. The van der Waals surface area contributed by atoms with E-state index in [9.17, 15) is 9.59 Å². The van der Waals surface area contributed by atoms with Crippen LogP contribution in [0.15, 0.2) is 69.2 Å². The highest BCUT2D eigenvalue weighted by Crippen LogP contribution is 2.21. The zero-order valence-corrected chi connectivity index (χ0v) is 16.5. The van der Waals surface area contributed by atoms with Gasteiger partial charge < -0.3 is 14.5 Å². The van der Waals surface area contributed by atoms with Gasteiger partial charge >= 0.3 is 5.63 Å². The summed E-state index contributed by atoms with van der Waals surface area (Å²) in [5, 5.41) is 6.28. The molecule has 4 aromatic rings. The van der Waals surface area contributed by atoms with Gasteiger partial charge in [0.25, 0.3) is 0 Å². The van der Waals surface area contributed by atoms with E-state index in [4.69, 9.17) is 9.15 Å². The number of aromatic nitrogens is 1. The number of hydrogen-bond donors (Lipinski definition) is 1. The quantitative estimate of drug-likeness (QED) is 0.482. The van der Waals surface area contributed by atoms with Gasteiger partial charge in [0.15, 0.2) is 0 Å². The summed E-state index contributed by atoms with van der Waals surface area (Å²) in [4.78, 5) is 28.0. The van der Waals surface area contributed by atoms with Crippen LogP contribution in [0.4, 0.5) is 5.69 Å². The Balaban J connectivity index is 1.35. The summed E-state index contributed by atoms with van der Waals surface area (Å²) in [6.45, 7) is 2.26. The van der Waals surface area contributed by atoms with Crippen molar-refractivity contribution in [3.8, 4) is 5.75 Å². The molecule has 7 heteroatoms. The average Bonchev–Trinajstić information content (AvgIpc) is 3.15. The number of rotatable bonds is 6. The van der Waals surface area contributed by atoms with Gasteiger partial charge in [-0.25, -0.2) is 9.78 Å². The third kappa shape index (κ3) is 4.89. The highest BCUT2D eigenvalue weighted by atomic mass is 32.1. The van der Waals surface area contributed by atoms with Crippen molar-refractivity contribution in [3.63, 3.8) is 0 Å². The summed E-state index contributed by atoms with van der Waals surface area (Å²) in [5.74, 6) is 0.471. The Labute approximate surface area is 170 Å². The maximum absolute atomic E-state index is 12.2. The number of fused-ring (bicyclic) bond motifs is 1. The van der Waals surface area contributed by atoms with E-state index in [2.05, 4.69) is 10.3 Å². The second-order valence-corrected chi connectivity index (χ2v) is 7.51. The third-order valence-corrected chi connectivity index (χ3v) is 5.13. The molecule has 0 bridgehead atoms. The largest absolute Gasteiger partial charge is 0.487 e. The van der Waals surface area contributed by atoms with Gasteiger partial charge in [0.2, 0.25) is 5.91 Å². The molecule has 2 aromatic heterocycles. The number of carbonyl (C=O) groups excluding carboxylic acids is 1. The molecule has 2 heterocycles. The smallest absolute Gasteiger partial charge is 0.336 e. The van der Waals surface area contributed by atoms with Crippen molar-refractivity contribution in [2.24, 2.45) is 0 Å². The number of nitrogens with zero attached hydrogens (tertiary/aromatic N) is 1. The Kier molecular flexibility index (Phi) is 5.39. The van der Waals surface area contributed by atoms with Gasteiger partial charge in [-0.3, -0.25) is 4.79 Å². The zero-order valence-electron chi connectivity index (χ0n) is 15.7. The number of amides is 1. The summed E-state index contributed by atoms with van der Waals surface area (Å²) in [6, 6.07) is 16.1. The van der Waals surface area contributed by atoms with E-state index in [0.29, 0.717) is 11.3 Å².